The van der Waals surface area contributed by atoms with E-state index in [1.54, 1.807) is 17.8 Å². The molecule has 0 aromatic heterocycles. The molecule has 0 aliphatic carbocycles. The Bertz CT molecular complexity index is 750. The molecule has 1 saturated heterocycles. The minimum Gasteiger partial charge on any atom is -0.378 e. The van der Waals surface area contributed by atoms with Crippen molar-refractivity contribution in [3.8, 4) is 0 Å². The highest BCUT2D eigenvalue weighted by Crippen LogP contribution is 2.30. The molecule has 0 bridgehead atoms. The number of benzene rings is 2. The van der Waals surface area contributed by atoms with Gasteiger partial charge in [0, 0.05) is 40.2 Å². The third kappa shape index (κ3) is 5.55. The molecule has 2 aromatic rings. The van der Waals surface area contributed by atoms with Gasteiger partial charge in [-0.1, -0.05) is 23.2 Å². The van der Waals surface area contributed by atoms with E-state index in [1.165, 1.54) is 0 Å². The maximum atomic E-state index is 12.4. The highest BCUT2D eigenvalue weighted by molar-refractivity contribution is 7.99. The summed E-state index contributed by atoms with van der Waals surface area (Å²) in [6.45, 7) is 2.98. The summed E-state index contributed by atoms with van der Waals surface area (Å²) in [5.41, 5.74) is 1.73. The summed E-state index contributed by atoms with van der Waals surface area (Å²) in [7, 11) is 0. The molecular weight excluding hydrogens is 391 g/mol. The minimum atomic E-state index is -0.0248. The summed E-state index contributed by atoms with van der Waals surface area (Å²) in [5.74, 6) is 0.671. The molecule has 1 heterocycles. The van der Waals surface area contributed by atoms with Gasteiger partial charge in [0.25, 0.3) is 0 Å². The number of hydrogen-bond acceptors (Lipinski definition) is 4. The Balaban J connectivity index is 1.57. The minimum absolute atomic E-state index is 0.0248. The third-order valence-corrected chi connectivity index (χ3v) is 5.50. The van der Waals surface area contributed by atoms with Crippen LogP contribution < -0.4 is 10.2 Å². The lowest BCUT2D eigenvalue weighted by Gasteiger charge is -2.30. The number of rotatable bonds is 6. The highest BCUT2D eigenvalue weighted by atomic mass is 35.5. The standard InChI is InChI=1S/C19H20Cl2N2O2S/c20-14-1-4-16(5-2-14)26-12-7-19(24)22-17-13-15(21)3-6-18(17)23-8-10-25-11-9-23/h1-6,13H,7-12H2,(H,22,24). The molecule has 0 unspecified atom stereocenters. The number of ether oxygens (including phenoxy) is 1. The number of carbonyl (C=O) groups excluding carboxylic acids is 1. The van der Waals surface area contributed by atoms with Crippen LogP contribution in [0.5, 0.6) is 0 Å². The van der Waals surface area contributed by atoms with Crippen molar-refractivity contribution in [3.63, 3.8) is 0 Å². The van der Waals surface area contributed by atoms with Crippen molar-refractivity contribution in [1.29, 1.82) is 0 Å². The first-order chi connectivity index (χ1) is 12.6. The summed E-state index contributed by atoms with van der Waals surface area (Å²) in [4.78, 5) is 15.7. The SMILES string of the molecule is O=C(CCSc1ccc(Cl)cc1)Nc1cc(Cl)ccc1N1CCOCC1. The summed E-state index contributed by atoms with van der Waals surface area (Å²) in [5, 5.41) is 4.32. The molecule has 0 saturated carbocycles. The van der Waals surface area contributed by atoms with Gasteiger partial charge >= 0.3 is 0 Å². The van der Waals surface area contributed by atoms with Crippen LogP contribution in [0.25, 0.3) is 0 Å². The van der Waals surface area contributed by atoms with Crippen molar-refractivity contribution in [3.05, 3.63) is 52.5 Å². The maximum absolute atomic E-state index is 12.4. The van der Waals surface area contributed by atoms with E-state index in [4.69, 9.17) is 27.9 Å². The molecule has 26 heavy (non-hydrogen) atoms. The second kappa shape index (κ2) is 9.51. The zero-order valence-corrected chi connectivity index (χ0v) is 16.5. The van der Waals surface area contributed by atoms with Crippen molar-refractivity contribution in [1.82, 2.24) is 0 Å². The second-order valence-corrected chi connectivity index (χ2v) is 7.90. The van der Waals surface area contributed by atoms with Crippen LogP contribution in [0.15, 0.2) is 47.4 Å². The fourth-order valence-corrected chi connectivity index (χ4v) is 3.84. The second-order valence-electron chi connectivity index (χ2n) is 5.86. The molecule has 7 heteroatoms. The Labute approximate surface area is 167 Å². The van der Waals surface area contributed by atoms with Gasteiger partial charge in [0.05, 0.1) is 24.6 Å². The van der Waals surface area contributed by atoms with Gasteiger partial charge in [0.1, 0.15) is 0 Å². The van der Waals surface area contributed by atoms with Crippen molar-refractivity contribution in [2.24, 2.45) is 0 Å². The summed E-state index contributed by atoms with van der Waals surface area (Å²) in [6.07, 6.45) is 0.419. The average molecular weight is 411 g/mol. The number of amides is 1. The first-order valence-electron chi connectivity index (χ1n) is 8.42. The predicted octanol–water partition coefficient (Wildman–Crippen LogP) is 4.95. The molecule has 4 nitrogen and oxygen atoms in total. The molecule has 2 aromatic carbocycles. The van der Waals surface area contributed by atoms with Crippen LogP contribution in [-0.4, -0.2) is 38.0 Å². The quantitative estimate of drug-likeness (QED) is 0.683. The van der Waals surface area contributed by atoms with E-state index >= 15 is 0 Å². The Hall–Kier alpha value is -1.40. The van der Waals surface area contributed by atoms with E-state index in [9.17, 15) is 4.79 Å². The number of nitrogens with zero attached hydrogens (tertiary/aromatic N) is 1. The Morgan fingerprint density at radius 3 is 2.50 bits per heavy atom. The first kappa shape index (κ1) is 19.4. The topological polar surface area (TPSA) is 41.6 Å². The lowest BCUT2D eigenvalue weighted by Crippen LogP contribution is -2.36. The van der Waals surface area contributed by atoms with Gasteiger partial charge in [0.15, 0.2) is 0 Å². The Morgan fingerprint density at radius 2 is 1.77 bits per heavy atom. The number of halogens is 2. The molecule has 1 aliphatic heterocycles. The van der Waals surface area contributed by atoms with E-state index in [2.05, 4.69) is 10.2 Å². The molecule has 0 atom stereocenters. The van der Waals surface area contributed by atoms with Crippen LogP contribution in [0.1, 0.15) is 6.42 Å². The highest BCUT2D eigenvalue weighted by Gasteiger charge is 2.16. The summed E-state index contributed by atoms with van der Waals surface area (Å²) < 4.78 is 5.40. The van der Waals surface area contributed by atoms with E-state index in [1.807, 2.05) is 36.4 Å². The van der Waals surface area contributed by atoms with Crippen molar-refractivity contribution < 1.29 is 9.53 Å². The fraction of sp³-hybridized carbons (Fsp3) is 0.316. The third-order valence-electron chi connectivity index (χ3n) is 4.00. The van der Waals surface area contributed by atoms with Crippen LogP contribution >= 0.6 is 35.0 Å². The van der Waals surface area contributed by atoms with E-state index in [0.717, 1.165) is 29.4 Å². The molecule has 1 N–H and O–H groups in total. The number of anilines is 2. The fourth-order valence-electron chi connectivity index (χ4n) is 2.69. The zero-order chi connectivity index (χ0) is 18.4. The zero-order valence-electron chi connectivity index (χ0n) is 14.2. The number of morpholine rings is 1. The lowest BCUT2D eigenvalue weighted by atomic mass is 10.2. The molecule has 1 aliphatic rings. The number of nitrogens with one attached hydrogen (secondary N) is 1. The molecule has 0 spiro atoms. The van der Waals surface area contributed by atoms with Gasteiger partial charge in [-0.2, -0.15) is 0 Å². The number of hydrogen-bond donors (Lipinski definition) is 1. The summed E-state index contributed by atoms with van der Waals surface area (Å²) in [6, 6.07) is 13.2. The Morgan fingerprint density at radius 1 is 1.08 bits per heavy atom. The average Bonchev–Trinajstić information content (AvgIpc) is 2.64. The molecule has 138 valence electrons. The monoisotopic (exact) mass is 410 g/mol. The Kier molecular flexibility index (Phi) is 7.08. The van der Waals surface area contributed by atoms with Crippen LogP contribution in [0, 0.1) is 0 Å². The molecule has 1 fully saturated rings. The maximum Gasteiger partial charge on any atom is 0.225 e. The van der Waals surface area contributed by atoms with Gasteiger partial charge < -0.3 is 15.0 Å². The van der Waals surface area contributed by atoms with E-state index < -0.39 is 0 Å². The first-order valence-corrected chi connectivity index (χ1v) is 10.2. The van der Waals surface area contributed by atoms with Crippen LogP contribution in [-0.2, 0) is 9.53 Å². The van der Waals surface area contributed by atoms with Gasteiger partial charge in [-0.25, -0.2) is 0 Å². The van der Waals surface area contributed by atoms with Gasteiger partial charge in [-0.3, -0.25) is 4.79 Å². The van der Waals surface area contributed by atoms with Crippen molar-refractivity contribution in [2.75, 3.05) is 42.3 Å². The van der Waals surface area contributed by atoms with Crippen LogP contribution in [0.4, 0.5) is 11.4 Å². The number of carbonyl (C=O) groups is 1. The largest absolute Gasteiger partial charge is 0.378 e. The van der Waals surface area contributed by atoms with Crippen LogP contribution in [0.2, 0.25) is 10.0 Å². The lowest BCUT2D eigenvalue weighted by molar-refractivity contribution is -0.115. The van der Waals surface area contributed by atoms with Crippen LogP contribution in [0.3, 0.4) is 0 Å². The molecule has 3 rings (SSSR count). The normalized spacial score (nSPS) is 14.3. The smallest absolute Gasteiger partial charge is 0.225 e. The summed E-state index contributed by atoms with van der Waals surface area (Å²) >= 11 is 13.6. The number of thioether (sulfide) groups is 1. The van der Waals surface area contributed by atoms with Crippen molar-refractivity contribution >= 4 is 52.2 Å². The van der Waals surface area contributed by atoms with E-state index in [0.29, 0.717) is 35.4 Å². The van der Waals surface area contributed by atoms with Gasteiger partial charge in [-0.05, 0) is 42.5 Å². The molecular formula is C19H20Cl2N2O2S. The predicted molar refractivity (Wildman–Crippen MR) is 110 cm³/mol. The van der Waals surface area contributed by atoms with Gasteiger partial charge in [-0.15, -0.1) is 11.8 Å². The van der Waals surface area contributed by atoms with E-state index in [-0.39, 0.29) is 5.91 Å². The molecule has 1 amide bonds. The molecule has 0 radical (unpaired) electrons. The van der Waals surface area contributed by atoms with Gasteiger partial charge in [0.2, 0.25) is 5.91 Å². The van der Waals surface area contributed by atoms with Crippen molar-refractivity contribution in [2.45, 2.75) is 11.3 Å².